The van der Waals surface area contributed by atoms with Gasteiger partial charge < -0.3 is 40.1 Å². The van der Waals surface area contributed by atoms with Crippen LogP contribution in [0, 0.1) is 24.7 Å². The van der Waals surface area contributed by atoms with Crippen molar-refractivity contribution in [3.05, 3.63) is 45.8 Å². The maximum atomic E-state index is 13.0. The monoisotopic (exact) mass is 753 g/mol. The summed E-state index contributed by atoms with van der Waals surface area (Å²) in [4.78, 5) is 40.2. The Morgan fingerprint density at radius 2 is 1.11 bits per heavy atom. The molecule has 3 fully saturated rings. The van der Waals surface area contributed by atoms with Crippen LogP contribution in [0.15, 0.2) is 12.1 Å². The lowest BCUT2D eigenvalue weighted by atomic mass is 9.77. The first-order valence-corrected chi connectivity index (χ1v) is 19.7. The molecule has 0 atom stereocenters. The van der Waals surface area contributed by atoms with Gasteiger partial charge in [0.15, 0.2) is 0 Å². The highest BCUT2D eigenvalue weighted by Crippen LogP contribution is 2.42. The van der Waals surface area contributed by atoms with Gasteiger partial charge in [-0.15, -0.1) is 0 Å². The number of hydrogen-bond donors (Lipinski definition) is 4. The van der Waals surface area contributed by atoms with Gasteiger partial charge in [-0.3, -0.25) is 9.59 Å². The summed E-state index contributed by atoms with van der Waals surface area (Å²) in [5.74, 6) is 2.15. The number of nitrogens with one attached hydrogen (secondary N) is 2. The first-order chi connectivity index (χ1) is 25.0. The molecule has 4 N–H and O–H groups in total. The number of morpholine rings is 2. The fourth-order valence-corrected chi connectivity index (χ4v) is 6.14. The predicted octanol–water partition coefficient (Wildman–Crippen LogP) is 5.51. The van der Waals surface area contributed by atoms with Crippen LogP contribution >= 0.6 is 0 Å². The van der Waals surface area contributed by atoms with Crippen molar-refractivity contribution in [1.82, 2.24) is 20.6 Å². The molecule has 4 heterocycles. The van der Waals surface area contributed by atoms with Crippen molar-refractivity contribution in [2.45, 2.75) is 119 Å². The quantitative estimate of drug-likeness (QED) is 0.219. The van der Waals surface area contributed by atoms with E-state index in [1.54, 1.807) is 27.7 Å². The van der Waals surface area contributed by atoms with Gasteiger partial charge in [-0.2, -0.15) is 0 Å². The summed E-state index contributed by atoms with van der Waals surface area (Å²) in [5.41, 5.74) is 2.33. The van der Waals surface area contributed by atoms with E-state index >= 15 is 0 Å². The molecular formula is C42H68N6O6. The highest BCUT2D eigenvalue weighted by Gasteiger charge is 2.38. The van der Waals surface area contributed by atoms with Crippen molar-refractivity contribution in [3.63, 3.8) is 0 Å². The maximum Gasteiger partial charge on any atom is 0.253 e. The number of nitrogens with zero attached hydrogens (tertiary/aromatic N) is 4. The molecule has 5 rings (SSSR count). The molecular weight excluding hydrogens is 684 g/mol. The van der Waals surface area contributed by atoms with Gasteiger partial charge in [-0.05, 0) is 83.6 Å². The fourth-order valence-electron chi connectivity index (χ4n) is 6.14. The number of carbonyl (C=O) groups is 2. The summed E-state index contributed by atoms with van der Waals surface area (Å²) >= 11 is 0. The molecule has 302 valence electrons. The van der Waals surface area contributed by atoms with E-state index in [9.17, 15) is 19.8 Å². The number of anilines is 2. The van der Waals surface area contributed by atoms with Crippen LogP contribution in [0.1, 0.15) is 137 Å². The Balaban J connectivity index is 0.000000241. The minimum absolute atomic E-state index is 0.0900. The number of aliphatic hydroxyl groups is 2. The average Bonchev–Trinajstić information content (AvgIpc) is 3.95. The van der Waals surface area contributed by atoms with Crippen LogP contribution in [0.4, 0.5) is 11.6 Å². The van der Waals surface area contributed by atoms with Crippen LogP contribution in [0.5, 0.6) is 0 Å². The van der Waals surface area contributed by atoms with Gasteiger partial charge in [0, 0.05) is 56.0 Å². The largest absolute Gasteiger partial charge is 0.390 e. The number of rotatable bonds is 12. The molecule has 0 radical (unpaired) electrons. The molecule has 2 aromatic heterocycles. The molecule has 54 heavy (non-hydrogen) atoms. The molecule has 0 spiro atoms. The lowest BCUT2D eigenvalue weighted by molar-refractivity contribution is -0.0330. The average molecular weight is 753 g/mol. The third-order valence-corrected chi connectivity index (χ3v) is 11.8. The molecule has 1 aliphatic carbocycles. The third-order valence-electron chi connectivity index (χ3n) is 11.8. The standard InChI is InChI=1S/C21H33N3O3.C21H35N3O3/c1-14-12-16(24-8-10-27-11-9-24)23-18(15-6-7-15)17(14)19(25)22-13-20(2,3)21(4,5)26;1-14(2)18-17(19(25)22-13-20(4,5)21(6,7)26)15(3)12-16(23-18)24-8-10-27-11-9-24/h12,15,26H,6-11,13H2,1-5H3,(H,22,25);12,14,26H,8-11,13H2,1-7H3,(H,22,25). The molecule has 1 saturated carbocycles. The zero-order valence-corrected chi connectivity index (χ0v) is 35.1. The van der Waals surface area contributed by atoms with Crippen molar-refractivity contribution in [3.8, 4) is 0 Å². The van der Waals surface area contributed by atoms with Crippen LogP contribution in [0.25, 0.3) is 0 Å². The summed E-state index contributed by atoms with van der Waals surface area (Å²) in [6.45, 7) is 29.9. The topological polar surface area (TPSA) is 149 Å². The molecule has 3 aliphatic rings. The highest BCUT2D eigenvalue weighted by atomic mass is 16.5. The van der Waals surface area contributed by atoms with Gasteiger partial charge in [-0.25, -0.2) is 9.97 Å². The smallest absolute Gasteiger partial charge is 0.253 e. The number of carbonyl (C=O) groups excluding carboxylic acids is 2. The van der Waals surface area contributed by atoms with Gasteiger partial charge in [0.25, 0.3) is 11.8 Å². The number of hydrogen-bond acceptors (Lipinski definition) is 10. The van der Waals surface area contributed by atoms with E-state index in [0.717, 1.165) is 73.2 Å². The molecule has 12 heteroatoms. The van der Waals surface area contributed by atoms with E-state index in [2.05, 4.69) is 34.3 Å². The van der Waals surface area contributed by atoms with E-state index < -0.39 is 22.0 Å². The van der Waals surface area contributed by atoms with Crippen molar-refractivity contribution in [1.29, 1.82) is 0 Å². The van der Waals surface area contributed by atoms with Crippen LogP contribution in [-0.4, -0.2) is 109 Å². The van der Waals surface area contributed by atoms with Crippen LogP contribution in [-0.2, 0) is 9.47 Å². The van der Waals surface area contributed by atoms with Gasteiger partial charge >= 0.3 is 0 Å². The molecule has 0 bridgehead atoms. The van der Waals surface area contributed by atoms with Gasteiger partial charge in [0.1, 0.15) is 11.6 Å². The Kier molecular flexibility index (Phi) is 13.8. The fraction of sp³-hybridized carbons (Fsp3) is 0.714. The maximum absolute atomic E-state index is 13.0. The first kappa shape index (κ1) is 43.4. The lowest BCUT2D eigenvalue weighted by Crippen LogP contribution is -2.47. The number of aryl methyl sites for hydroxylation is 2. The van der Waals surface area contributed by atoms with Gasteiger partial charge in [0.2, 0.25) is 0 Å². The summed E-state index contributed by atoms with van der Waals surface area (Å²) in [6.07, 6.45) is 2.18. The minimum atomic E-state index is -0.894. The van der Waals surface area contributed by atoms with Crippen LogP contribution < -0.4 is 20.4 Å². The SMILES string of the molecule is Cc1cc(N2CCOCC2)nc(C(C)C)c1C(=O)NCC(C)(C)C(C)(C)O.Cc1cc(N2CCOCC2)nc(C2CC2)c1C(=O)NCC(C)(C)C(C)(C)O. The minimum Gasteiger partial charge on any atom is -0.390 e. The van der Waals surface area contributed by atoms with E-state index in [1.807, 2.05) is 53.7 Å². The number of pyridine rings is 2. The van der Waals surface area contributed by atoms with Crippen molar-refractivity contribution >= 4 is 23.5 Å². The second-order valence-electron chi connectivity index (χ2n) is 18.0. The van der Waals surface area contributed by atoms with E-state index in [-0.39, 0.29) is 17.7 Å². The predicted molar refractivity (Wildman–Crippen MR) is 215 cm³/mol. The number of aromatic nitrogens is 2. The zero-order chi connectivity index (χ0) is 40.2. The second-order valence-corrected chi connectivity index (χ2v) is 18.0. The van der Waals surface area contributed by atoms with Crippen LogP contribution in [0.2, 0.25) is 0 Å². The van der Waals surface area contributed by atoms with Crippen molar-refractivity contribution in [2.75, 3.05) is 75.5 Å². The highest BCUT2D eigenvalue weighted by molar-refractivity contribution is 5.98. The Morgan fingerprint density at radius 1 is 0.722 bits per heavy atom. The molecule has 0 unspecified atom stereocenters. The summed E-state index contributed by atoms with van der Waals surface area (Å²) < 4.78 is 10.9. The Bertz CT molecular complexity index is 1500. The van der Waals surface area contributed by atoms with E-state index in [1.165, 1.54) is 0 Å². The third kappa shape index (κ3) is 10.7. The molecule has 0 aromatic carbocycles. The van der Waals surface area contributed by atoms with Crippen LogP contribution in [0.3, 0.4) is 0 Å². The van der Waals surface area contributed by atoms with Gasteiger partial charge in [-0.1, -0.05) is 41.5 Å². The van der Waals surface area contributed by atoms with E-state index in [0.29, 0.717) is 56.6 Å². The van der Waals surface area contributed by atoms with Crippen molar-refractivity contribution < 1.29 is 29.3 Å². The first-order valence-electron chi connectivity index (χ1n) is 19.7. The van der Waals surface area contributed by atoms with Gasteiger partial charge in [0.05, 0.1) is 60.1 Å². The molecule has 2 amide bonds. The summed E-state index contributed by atoms with van der Waals surface area (Å²) in [7, 11) is 0. The second kappa shape index (κ2) is 17.2. The number of amides is 2. The lowest BCUT2D eigenvalue weighted by Gasteiger charge is -2.37. The van der Waals surface area contributed by atoms with E-state index in [4.69, 9.17) is 19.4 Å². The molecule has 2 saturated heterocycles. The van der Waals surface area contributed by atoms with Crippen molar-refractivity contribution in [2.24, 2.45) is 10.8 Å². The Morgan fingerprint density at radius 3 is 1.50 bits per heavy atom. The normalized spacial score (nSPS) is 17.2. The summed E-state index contributed by atoms with van der Waals surface area (Å²) in [6, 6.07) is 4.01. The summed E-state index contributed by atoms with van der Waals surface area (Å²) in [5, 5.41) is 26.7. The molecule has 2 aromatic rings. The Hall–Kier alpha value is -3.32. The number of ether oxygens (including phenoxy) is 2. The zero-order valence-electron chi connectivity index (χ0n) is 35.1. The molecule has 12 nitrogen and oxygen atoms in total. The molecule has 2 aliphatic heterocycles. The Labute approximate surface area is 323 Å².